The minimum atomic E-state index is -0.451. The average molecular weight is 192 g/mol. The van der Waals surface area contributed by atoms with Gasteiger partial charge in [-0.05, 0) is 18.6 Å². The number of carbonyl (C=O) groups is 1. The molecule has 0 fully saturated rings. The van der Waals surface area contributed by atoms with E-state index in [1.54, 1.807) is 25.1 Å². The maximum absolute atomic E-state index is 13.2. The molecule has 1 rings (SSSR count). The van der Waals surface area contributed by atoms with Crippen molar-refractivity contribution in [1.82, 2.24) is 0 Å². The molecule has 74 valence electrons. The molecule has 0 aliphatic heterocycles. The van der Waals surface area contributed by atoms with E-state index in [4.69, 9.17) is 0 Å². The first-order valence-electron chi connectivity index (χ1n) is 4.56. The third-order valence-corrected chi connectivity index (χ3v) is 2.11. The van der Waals surface area contributed by atoms with Gasteiger partial charge in [0.2, 0.25) is 0 Å². The molecule has 0 aromatic heterocycles. The summed E-state index contributed by atoms with van der Waals surface area (Å²) >= 11 is 0. The number of halogens is 1. The summed E-state index contributed by atoms with van der Waals surface area (Å²) in [5.74, 6) is -0.819. The highest BCUT2D eigenvalue weighted by molar-refractivity contribution is 5.97. The Morgan fingerprint density at radius 2 is 2.21 bits per heavy atom. The molecule has 1 nitrogen and oxygen atoms in total. The number of hydrogen-bond acceptors (Lipinski definition) is 1. The molecule has 0 bridgehead atoms. The summed E-state index contributed by atoms with van der Waals surface area (Å²) in [6.07, 6.45) is 2.25. The molecular weight excluding hydrogens is 179 g/mol. The van der Waals surface area contributed by atoms with Gasteiger partial charge in [0, 0.05) is 5.92 Å². The first kappa shape index (κ1) is 10.6. The van der Waals surface area contributed by atoms with Crippen molar-refractivity contribution in [2.45, 2.75) is 13.3 Å². The molecule has 0 aliphatic carbocycles. The second-order valence-corrected chi connectivity index (χ2v) is 3.27. The van der Waals surface area contributed by atoms with E-state index in [-0.39, 0.29) is 17.3 Å². The maximum Gasteiger partial charge on any atom is 0.168 e. The van der Waals surface area contributed by atoms with Gasteiger partial charge in [0.15, 0.2) is 5.78 Å². The smallest absolute Gasteiger partial charge is 0.168 e. The molecule has 0 heterocycles. The van der Waals surface area contributed by atoms with Crippen molar-refractivity contribution < 1.29 is 9.18 Å². The highest BCUT2D eigenvalue weighted by Gasteiger charge is 2.16. The number of allylic oxidation sites excluding steroid dienone is 1. The van der Waals surface area contributed by atoms with Gasteiger partial charge in [0.05, 0.1) is 5.56 Å². The molecule has 0 saturated carbocycles. The van der Waals surface area contributed by atoms with Crippen LogP contribution in [-0.2, 0) is 0 Å². The molecule has 1 aromatic rings. The van der Waals surface area contributed by atoms with Crippen LogP contribution in [0.4, 0.5) is 4.39 Å². The molecule has 1 aromatic carbocycles. The van der Waals surface area contributed by atoms with Crippen molar-refractivity contribution in [2.75, 3.05) is 0 Å². The van der Waals surface area contributed by atoms with E-state index < -0.39 is 5.82 Å². The first-order chi connectivity index (χ1) is 6.66. The molecule has 0 spiro atoms. The number of benzene rings is 1. The van der Waals surface area contributed by atoms with E-state index in [9.17, 15) is 9.18 Å². The summed E-state index contributed by atoms with van der Waals surface area (Å²) in [5.41, 5.74) is 0.168. The predicted octanol–water partition coefficient (Wildman–Crippen LogP) is 3.22. The zero-order chi connectivity index (χ0) is 10.6. The minimum Gasteiger partial charge on any atom is -0.294 e. The van der Waals surface area contributed by atoms with Gasteiger partial charge in [-0.25, -0.2) is 4.39 Å². The average Bonchev–Trinajstić information content (AvgIpc) is 2.18. The Balaban J connectivity index is 2.89. The quantitative estimate of drug-likeness (QED) is 0.528. The third-order valence-electron chi connectivity index (χ3n) is 2.11. The van der Waals surface area contributed by atoms with Gasteiger partial charge in [-0.1, -0.05) is 25.1 Å². The van der Waals surface area contributed by atoms with E-state index >= 15 is 0 Å². The van der Waals surface area contributed by atoms with E-state index in [0.29, 0.717) is 6.42 Å². The fraction of sp³-hybridized carbons (Fsp3) is 0.250. The van der Waals surface area contributed by atoms with Crippen molar-refractivity contribution in [2.24, 2.45) is 5.92 Å². The van der Waals surface area contributed by atoms with Crippen molar-refractivity contribution >= 4 is 5.78 Å². The lowest BCUT2D eigenvalue weighted by Crippen LogP contribution is -2.12. The Labute approximate surface area is 83.3 Å². The van der Waals surface area contributed by atoms with Crippen LogP contribution in [0.5, 0.6) is 0 Å². The largest absolute Gasteiger partial charge is 0.294 e. The Hall–Kier alpha value is -1.44. The lowest BCUT2D eigenvalue weighted by Gasteiger charge is -2.07. The van der Waals surface area contributed by atoms with Gasteiger partial charge in [0.25, 0.3) is 0 Å². The molecular formula is C12H13FO. The number of hydrogen-bond donors (Lipinski definition) is 0. The molecule has 14 heavy (non-hydrogen) atoms. The number of carbonyl (C=O) groups excluding carboxylic acids is 1. The lowest BCUT2D eigenvalue weighted by molar-refractivity contribution is 0.0927. The molecule has 2 heteroatoms. The molecule has 0 radical (unpaired) electrons. The van der Waals surface area contributed by atoms with Crippen LogP contribution in [0, 0.1) is 11.7 Å². The van der Waals surface area contributed by atoms with Crippen LogP contribution < -0.4 is 0 Å². The number of rotatable bonds is 4. The normalized spacial score (nSPS) is 12.1. The van der Waals surface area contributed by atoms with Gasteiger partial charge in [-0.3, -0.25) is 4.79 Å². The summed E-state index contributed by atoms with van der Waals surface area (Å²) < 4.78 is 13.2. The predicted molar refractivity (Wildman–Crippen MR) is 54.7 cm³/mol. The Bertz CT molecular complexity index is 344. The van der Waals surface area contributed by atoms with Gasteiger partial charge in [-0.15, -0.1) is 6.58 Å². The third kappa shape index (κ3) is 2.28. The second kappa shape index (κ2) is 4.70. The highest BCUT2D eigenvalue weighted by atomic mass is 19.1. The summed E-state index contributed by atoms with van der Waals surface area (Å²) in [5, 5.41) is 0. The monoisotopic (exact) mass is 192 g/mol. The molecule has 1 unspecified atom stereocenters. The Morgan fingerprint density at radius 3 is 2.79 bits per heavy atom. The molecule has 0 amide bonds. The summed E-state index contributed by atoms with van der Waals surface area (Å²) in [6.45, 7) is 5.33. The van der Waals surface area contributed by atoms with Crippen LogP contribution in [-0.4, -0.2) is 5.78 Å². The van der Waals surface area contributed by atoms with Gasteiger partial charge in [-0.2, -0.15) is 0 Å². The van der Waals surface area contributed by atoms with E-state index in [1.807, 2.05) is 0 Å². The number of Topliss-reactive ketones (excluding diaryl/α,β-unsaturated/α-hetero) is 1. The van der Waals surface area contributed by atoms with Gasteiger partial charge >= 0.3 is 0 Å². The van der Waals surface area contributed by atoms with Crippen LogP contribution >= 0.6 is 0 Å². The SMILES string of the molecule is C=CCC(C)C(=O)c1ccccc1F. The van der Waals surface area contributed by atoms with Crippen molar-refractivity contribution in [1.29, 1.82) is 0 Å². The van der Waals surface area contributed by atoms with Crippen LogP contribution in [0.15, 0.2) is 36.9 Å². The molecule has 0 aliphatic rings. The van der Waals surface area contributed by atoms with Gasteiger partial charge < -0.3 is 0 Å². The van der Waals surface area contributed by atoms with Crippen LogP contribution in [0.1, 0.15) is 23.7 Å². The van der Waals surface area contributed by atoms with Crippen molar-refractivity contribution in [3.8, 4) is 0 Å². The topological polar surface area (TPSA) is 17.1 Å². The minimum absolute atomic E-state index is 0.164. The van der Waals surface area contributed by atoms with Crippen LogP contribution in [0.25, 0.3) is 0 Å². The summed E-state index contributed by atoms with van der Waals surface area (Å²) in [6, 6.07) is 6.05. The van der Waals surface area contributed by atoms with Crippen molar-refractivity contribution in [3.63, 3.8) is 0 Å². The van der Waals surface area contributed by atoms with Crippen molar-refractivity contribution in [3.05, 3.63) is 48.3 Å². The Morgan fingerprint density at radius 1 is 1.57 bits per heavy atom. The molecule has 1 atom stereocenters. The Kier molecular flexibility index (Phi) is 3.57. The first-order valence-corrected chi connectivity index (χ1v) is 4.56. The summed E-state index contributed by atoms with van der Waals surface area (Å²) in [4.78, 5) is 11.7. The van der Waals surface area contributed by atoms with Crippen LogP contribution in [0.3, 0.4) is 0 Å². The van der Waals surface area contributed by atoms with E-state index in [0.717, 1.165) is 0 Å². The second-order valence-electron chi connectivity index (χ2n) is 3.27. The maximum atomic E-state index is 13.2. The molecule has 0 saturated heterocycles. The van der Waals surface area contributed by atoms with E-state index in [1.165, 1.54) is 12.1 Å². The van der Waals surface area contributed by atoms with E-state index in [2.05, 4.69) is 6.58 Å². The number of ketones is 1. The standard InChI is InChI=1S/C12H13FO/c1-3-6-9(2)12(14)10-7-4-5-8-11(10)13/h3-5,7-9H,1,6H2,2H3. The fourth-order valence-electron chi connectivity index (χ4n) is 1.28. The molecule has 0 N–H and O–H groups in total. The fourth-order valence-corrected chi connectivity index (χ4v) is 1.28. The highest BCUT2D eigenvalue weighted by Crippen LogP contribution is 2.15. The van der Waals surface area contributed by atoms with Crippen LogP contribution in [0.2, 0.25) is 0 Å². The summed E-state index contributed by atoms with van der Waals surface area (Å²) in [7, 11) is 0. The lowest BCUT2D eigenvalue weighted by atomic mass is 9.96. The zero-order valence-corrected chi connectivity index (χ0v) is 8.16. The van der Waals surface area contributed by atoms with Gasteiger partial charge in [0.1, 0.15) is 5.82 Å². The zero-order valence-electron chi connectivity index (χ0n) is 8.16.